The molecule has 5 aromatic rings. The first kappa shape index (κ1) is 30.6. The third-order valence-corrected chi connectivity index (χ3v) is 8.43. The summed E-state index contributed by atoms with van der Waals surface area (Å²) in [6, 6.07) is 28.0. The van der Waals surface area contributed by atoms with Gasteiger partial charge >= 0.3 is 6.03 Å². The number of likely N-dealkylation sites (tertiary alicyclic amines) is 1. The number of amides is 2. The zero-order chi connectivity index (χ0) is 32.0. The Labute approximate surface area is 268 Å². The van der Waals surface area contributed by atoms with Crippen LogP contribution < -0.4 is 21.5 Å². The van der Waals surface area contributed by atoms with Gasteiger partial charge in [-0.15, -0.1) is 0 Å². The second-order valence-corrected chi connectivity index (χ2v) is 11.7. The van der Waals surface area contributed by atoms with Crippen LogP contribution in [0.15, 0.2) is 121 Å². The molecule has 3 aromatic carbocycles. The van der Waals surface area contributed by atoms with Crippen LogP contribution in [0.1, 0.15) is 24.0 Å². The number of nitrogens with zero attached hydrogens (tertiary/aromatic N) is 2. The number of urea groups is 1. The zero-order valence-electron chi connectivity index (χ0n) is 26.0. The van der Waals surface area contributed by atoms with Crippen molar-refractivity contribution in [1.82, 2.24) is 20.2 Å². The van der Waals surface area contributed by atoms with Gasteiger partial charge < -0.3 is 20.9 Å². The highest BCUT2D eigenvalue weighted by Gasteiger charge is 2.21. The number of pyridine rings is 2. The Bertz CT molecular complexity index is 1940. The smallest absolute Gasteiger partial charge is 0.319 e. The van der Waals surface area contributed by atoms with Gasteiger partial charge in [0.1, 0.15) is 0 Å². The van der Waals surface area contributed by atoms with Crippen molar-refractivity contribution in [2.75, 3.05) is 23.7 Å². The van der Waals surface area contributed by atoms with Crippen molar-refractivity contribution in [3.63, 3.8) is 0 Å². The van der Waals surface area contributed by atoms with Crippen LogP contribution >= 0.6 is 0 Å². The molecule has 0 spiro atoms. The molecule has 0 radical (unpaired) electrons. The lowest BCUT2D eigenvalue weighted by atomic mass is 9.97. The standard InChI is InChI=1S/C38H38N6O2/c1-4-26(3)40-35-22-31(15-10-25(35)2)42-38(46)41-30-17-20-44(21-18-30)24-27-11-13-29(14-12-27)36-32(28-8-6-5-7-9-28)23-33-34(43-36)16-19-39-37(33)45/h4-16,19,22-23,30,40H,1,3,17-18,20-21,24H2,2H3,(H,39,45)(H2,41,42,46). The average molecular weight is 611 g/mol. The van der Waals surface area contributed by atoms with Gasteiger partial charge in [-0.05, 0) is 66.8 Å². The highest BCUT2D eigenvalue weighted by atomic mass is 16.2. The van der Waals surface area contributed by atoms with Gasteiger partial charge in [-0.2, -0.15) is 0 Å². The Kier molecular flexibility index (Phi) is 9.08. The van der Waals surface area contributed by atoms with Crippen LogP contribution in [-0.2, 0) is 6.54 Å². The maximum Gasteiger partial charge on any atom is 0.319 e. The Morgan fingerprint density at radius 2 is 1.74 bits per heavy atom. The molecule has 1 aliphatic heterocycles. The fourth-order valence-electron chi connectivity index (χ4n) is 5.84. The van der Waals surface area contributed by atoms with E-state index in [1.807, 2.05) is 67.6 Å². The molecule has 1 fully saturated rings. The lowest BCUT2D eigenvalue weighted by Gasteiger charge is -2.32. The number of aryl methyl sites for hydroxylation is 1. The first-order chi connectivity index (χ1) is 22.4. The van der Waals surface area contributed by atoms with Gasteiger partial charge in [-0.1, -0.05) is 73.8 Å². The fourth-order valence-corrected chi connectivity index (χ4v) is 5.84. The highest BCUT2D eigenvalue weighted by Crippen LogP contribution is 2.33. The number of hydrogen-bond acceptors (Lipinski definition) is 5. The number of aromatic amines is 1. The topological polar surface area (TPSA) is 102 Å². The largest absolute Gasteiger partial charge is 0.356 e. The predicted octanol–water partition coefficient (Wildman–Crippen LogP) is 7.46. The summed E-state index contributed by atoms with van der Waals surface area (Å²) in [6.45, 7) is 12.3. The summed E-state index contributed by atoms with van der Waals surface area (Å²) in [5, 5.41) is 9.88. The van der Waals surface area contributed by atoms with Gasteiger partial charge in [-0.25, -0.2) is 9.78 Å². The minimum atomic E-state index is -0.201. The van der Waals surface area contributed by atoms with E-state index in [1.54, 1.807) is 12.3 Å². The Hall–Kier alpha value is -5.47. The minimum absolute atomic E-state index is 0.116. The predicted molar refractivity (Wildman–Crippen MR) is 188 cm³/mol. The van der Waals surface area contributed by atoms with E-state index in [1.165, 1.54) is 5.56 Å². The van der Waals surface area contributed by atoms with E-state index >= 15 is 0 Å². The number of rotatable bonds is 9. The van der Waals surface area contributed by atoms with Crippen LogP contribution in [-0.4, -0.2) is 40.0 Å². The van der Waals surface area contributed by atoms with Gasteiger partial charge in [0, 0.05) is 60.1 Å². The second kappa shape index (κ2) is 13.7. The molecule has 2 aromatic heterocycles. The van der Waals surface area contributed by atoms with Crippen LogP contribution in [0.3, 0.4) is 0 Å². The number of piperidine rings is 1. The number of fused-ring (bicyclic) bond motifs is 1. The van der Waals surface area contributed by atoms with Crippen LogP contribution in [0.2, 0.25) is 0 Å². The second-order valence-electron chi connectivity index (χ2n) is 11.7. The fraction of sp³-hybridized carbons (Fsp3) is 0.184. The average Bonchev–Trinajstić information content (AvgIpc) is 3.07. The third kappa shape index (κ3) is 7.08. The molecule has 8 heteroatoms. The molecule has 0 saturated carbocycles. The molecule has 1 saturated heterocycles. The SMILES string of the molecule is C=CC(=C)Nc1cc(NC(=O)NC2CCN(Cc3ccc(-c4nc5cc[nH]c(=O)c5cc4-c4ccccc4)cc3)CC2)ccc1C. The normalized spacial score (nSPS) is 13.7. The number of anilines is 2. The molecule has 3 heterocycles. The van der Waals surface area contributed by atoms with E-state index in [0.29, 0.717) is 22.3 Å². The lowest BCUT2D eigenvalue weighted by Crippen LogP contribution is -2.45. The maximum absolute atomic E-state index is 12.8. The third-order valence-electron chi connectivity index (χ3n) is 8.43. The van der Waals surface area contributed by atoms with Crippen molar-refractivity contribution in [3.05, 3.63) is 138 Å². The van der Waals surface area contributed by atoms with Crippen molar-refractivity contribution in [3.8, 4) is 22.4 Å². The first-order valence-corrected chi connectivity index (χ1v) is 15.5. The van der Waals surface area contributed by atoms with Gasteiger partial charge in [0.2, 0.25) is 0 Å². The van der Waals surface area contributed by atoms with E-state index in [4.69, 9.17) is 4.98 Å². The minimum Gasteiger partial charge on any atom is -0.356 e. The Morgan fingerprint density at radius 1 is 0.978 bits per heavy atom. The Balaban J connectivity index is 1.07. The van der Waals surface area contributed by atoms with Crippen molar-refractivity contribution < 1.29 is 4.79 Å². The van der Waals surface area contributed by atoms with Crippen LogP contribution in [0, 0.1) is 6.92 Å². The summed E-state index contributed by atoms with van der Waals surface area (Å²) in [6.07, 6.45) is 5.06. The van der Waals surface area contributed by atoms with Gasteiger partial charge in [0.15, 0.2) is 0 Å². The molecule has 8 nitrogen and oxygen atoms in total. The maximum atomic E-state index is 12.8. The molecular weight excluding hydrogens is 572 g/mol. The highest BCUT2D eigenvalue weighted by molar-refractivity contribution is 5.91. The van der Waals surface area contributed by atoms with E-state index < -0.39 is 0 Å². The van der Waals surface area contributed by atoms with Crippen molar-refractivity contribution in [2.24, 2.45) is 0 Å². The molecule has 0 aliphatic carbocycles. The summed E-state index contributed by atoms with van der Waals surface area (Å²) in [5.74, 6) is 0. The van der Waals surface area contributed by atoms with E-state index in [0.717, 1.165) is 66.1 Å². The molecule has 232 valence electrons. The van der Waals surface area contributed by atoms with Crippen LogP contribution in [0.25, 0.3) is 33.3 Å². The molecule has 4 N–H and O–H groups in total. The number of allylic oxidation sites excluding steroid dienone is 1. The summed E-state index contributed by atoms with van der Waals surface area (Å²) >= 11 is 0. The molecule has 2 amide bonds. The number of nitrogens with one attached hydrogen (secondary N) is 4. The lowest BCUT2D eigenvalue weighted by molar-refractivity contribution is 0.190. The summed E-state index contributed by atoms with van der Waals surface area (Å²) < 4.78 is 0. The Morgan fingerprint density at radius 3 is 2.48 bits per heavy atom. The zero-order valence-corrected chi connectivity index (χ0v) is 26.0. The summed E-state index contributed by atoms with van der Waals surface area (Å²) in [4.78, 5) is 35.4. The number of aromatic nitrogens is 2. The van der Waals surface area contributed by atoms with Crippen molar-refractivity contribution in [1.29, 1.82) is 0 Å². The summed E-state index contributed by atoms with van der Waals surface area (Å²) in [7, 11) is 0. The molecule has 1 aliphatic rings. The monoisotopic (exact) mass is 610 g/mol. The number of benzene rings is 3. The molecule has 0 atom stereocenters. The summed E-state index contributed by atoms with van der Waals surface area (Å²) in [5.41, 5.74) is 8.88. The van der Waals surface area contributed by atoms with Gasteiger partial charge in [0.25, 0.3) is 5.56 Å². The van der Waals surface area contributed by atoms with Gasteiger partial charge in [0.05, 0.1) is 16.6 Å². The molecule has 0 bridgehead atoms. The number of hydrogen-bond donors (Lipinski definition) is 4. The molecule has 46 heavy (non-hydrogen) atoms. The van der Waals surface area contributed by atoms with Crippen LogP contribution in [0.4, 0.5) is 16.2 Å². The molecule has 6 rings (SSSR count). The van der Waals surface area contributed by atoms with Crippen molar-refractivity contribution in [2.45, 2.75) is 32.4 Å². The van der Waals surface area contributed by atoms with Gasteiger partial charge in [-0.3, -0.25) is 9.69 Å². The van der Waals surface area contributed by atoms with Crippen molar-refractivity contribution >= 4 is 28.3 Å². The number of H-pyrrole nitrogens is 1. The van der Waals surface area contributed by atoms with Crippen LogP contribution in [0.5, 0.6) is 0 Å². The number of carbonyl (C=O) groups is 1. The quantitative estimate of drug-likeness (QED) is 0.130. The molecular formula is C38H38N6O2. The van der Waals surface area contributed by atoms with E-state index in [-0.39, 0.29) is 17.6 Å². The van der Waals surface area contributed by atoms with E-state index in [2.05, 4.69) is 63.3 Å². The first-order valence-electron chi connectivity index (χ1n) is 15.5. The number of carbonyl (C=O) groups excluding carboxylic acids is 1. The molecule has 0 unspecified atom stereocenters. The van der Waals surface area contributed by atoms with E-state index in [9.17, 15) is 9.59 Å².